The van der Waals surface area contributed by atoms with E-state index in [4.69, 9.17) is 4.74 Å². The largest absolute Gasteiger partial charge is 0.486 e. The van der Waals surface area contributed by atoms with Gasteiger partial charge in [0.1, 0.15) is 18.6 Å². The number of hydrogen-bond acceptors (Lipinski definition) is 7. The van der Waals surface area contributed by atoms with E-state index >= 15 is 0 Å². The molecule has 124 valence electrons. The van der Waals surface area contributed by atoms with E-state index in [1.165, 1.54) is 6.26 Å². The van der Waals surface area contributed by atoms with Gasteiger partial charge < -0.3 is 14.6 Å². The van der Waals surface area contributed by atoms with Crippen LogP contribution in [0.3, 0.4) is 0 Å². The van der Waals surface area contributed by atoms with Crippen molar-refractivity contribution in [2.75, 3.05) is 5.32 Å². The van der Waals surface area contributed by atoms with E-state index in [1.54, 1.807) is 35.0 Å². The van der Waals surface area contributed by atoms with Gasteiger partial charge in [0.05, 0.1) is 6.04 Å². The zero-order valence-electron chi connectivity index (χ0n) is 13.2. The van der Waals surface area contributed by atoms with E-state index in [2.05, 4.69) is 30.5 Å². The summed E-state index contributed by atoms with van der Waals surface area (Å²) in [6.07, 6.45) is 1.39. The molecule has 0 saturated carbocycles. The van der Waals surface area contributed by atoms with E-state index in [0.717, 1.165) is 0 Å². The van der Waals surface area contributed by atoms with Gasteiger partial charge in [-0.25, -0.2) is 4.68 Å². The van der Waals surface area contributed by atoms with Gasteiger partial charge in [0.2, 0.25) is 0 Å². The molecule has 9 heteroatoms. The fraction of sp³-hybridized carbons (Fsp3) is 0.267. The Morgan fingerprint density at radius 3 is 2.75 bits per heavy atom. The molecular weight excluding hydrogens is 312 g/mol. The van der Waals surface area contributed by atoms with E-state index in [-0.39, 0.29) is 18.6 Å². The molecule has 0 atom stereocenters. The molecule has 0 aliphatic heterocycles. The summed E-state index contributed by atoms with van der Waals surface area (Å²) in [4.78, 5) is 12.0. The molecule has 2 aromatic heterocycles. The Hall–Kier alpha value is -3.23. The molecule has 0 aliphatic carbocycles. The predicted molar refractivity (Wildman–Crippen MR) is 83.4 cm³/mol. The summed E-state index contributed by atoms with van der Waals surface area (Å²) in [5, 5.41) is 17.7. The molecule has 0 aliphatic rings. The zero-order valence-corrected chi connectivity index (χ0v) is 13.2. The quantitative estimate of drug-likeness (QED) is 0.738. The van der Waals surface area contributed by atoms with Gasteiger partial charge in [-0.3, -0.25) is 4.79 Å². The molecule has 3 aromatic rings. The first kappa shape index (κ1) is 15.7. The van der Waals surface area contributed by atoms with Crippen LogP contribution >= 0.6 is 0 Å². The summed E-state index contributed by atoms with van der Waals surface area (Å²) in [6, 6.07) is 8.46. The van der Waals surface area contributed by atoms with Gasteiger partial charge in [-0.05, 0) is 48.5 Å². The van der Waals surface area contributed by atoms with Gasteiger partial charge in [0.25, 0.3) is 5.91 Å². The van der Waals surface area contributed by atoms with Crippen LogP contribution < -0.4 is 10.1 Å². The van der Waals surface area contributed by atoms with E-state index in [9.17, 15) is 4.79 Å². The number of hydrogen-bond donors (Lipinski definition) is 1. The average Bonchev–Trinajstić information content (AvgIpc) is 3.24. The molecule has 24 heavy (non-hydrogen) atoms. The van der Waals surface area contributed by atoms with Gasteiger partial charge in [0, 0.05) is 11.6 Å². The summed E-state index contributed by atoms with van der Waals surface area (Å²) in [5.41, 5.74) is 0.484. The summed E-state index contributed by atoms with van der Waals surface area (Å²) < 4.78 is 12.0. The van der Waals surface area contributed by atoms with Crippen LogP contribution in [0.1, 0.15) is 36.1 Å². The van der Waals surface area contributed by atoms with Crippen molar-refractivity contribution in [1.29, 1.82) is 0 Å². The van der Waals surface area contributed by atoms with E-state index in [0.29, 0.717) is 23.0 Å². The monoisotopic (exact) mass is 328 g/mol. The molecule has 0 spiro atoms. The minimum atomic E-state index is -0.279. The molecule has 9 nitrogen and oxygen atoms in total. The molecule has 0 unspecified atom stereocenters. The number of benzene rings is 1. The van der Waals surface area contributed by atoms with Crippen molar-refractivity contribution in [3.63, 3.8) is 0 Å². The minimum Gasteiger partial charge on any atom is -0.486 e. The highest BCUT2D eigenvalue weighted by Crippen LogP contribution is 2.15. The first-order chi connectivity index (χ1) is 11.6. The molecule has 1 N–H and O–H groups in total. The smallest absolute Gasteiger partial charge is 0.256 e. The van der Waals surface area contributed by atoms with Gasteiger partial charge in [-0.15, -0.1) is 5.10 Å². The number of nitrogens with zero attached hydrogens (tertiary/aromatic N) is 5. The molecule has 1 aromatic carbocycles. The molecule has 0 fully saturated rings. The van der Waals surface area contributed by atoms with Crippen molar-refractivity contribution in [3.8, 4) is 5.75 Å². The Balaban J connectivity index is 1.60. The molecule has 0 bridgehead atoms. The molecule has 0 radical (unpaired) electrons. The Morgan fingerprint density at radius 2 is 2.08 bits per heavy atom. The van der Waals surface area contributed by atoms with Crippen molar-refractivity contribution in [2.45, 2.75) is 26.5 Å². The fourth-order valence-electron chi connectivity index (χ4n) is 2.02. The first-order valence-corrected chi connectivity index (χ1v) is 7.35. The number of carbonyl (C=O) groups is 1. The zero-order chi connectivity index (χ0) is 16.9. The van der Waals surface area contributed by atoms with Gasteiger partial charge in [-0.1, -0.05) is 5.16 Å². The van der Waals surface area contributed by atoms with E-state index in [1.807, 2.05) is 13.8 Å². The Labute approximate surface area is 137 Å². The first-order valence-electron chi connectivity index (χ1n) is 7.35. The molecular formula is C15H16N6O3. The second-order valence-corrected chi connectivity index (χ2v) is 5.29. The Morgan fingerprint density at radius 1 is 1.29 bits per heavy atom. The van der Waals surface area contributed by atoms with Crippen molar-refractivity contribution in [2.24, 2.45) is 0 Å². The number of anilines is 1. The van der Waals surface area contributed by atoms with Gasteiger partial charge >= 0.3 is 0 Å². The maximum Gasteiger partial charge on any atom is 0.256 e. The summed E-state index contributed by atoms with van der Waals surface area (Å²) in [7, 11) is 0. The van der Waals surface area contributed by atoms with Gasteiger partial charge in [-0.2, -0.15) is 0 Å². The number of carbonyl (C=O) groups excluding carboxylic acids is 1. The standard InChI is InChI=1S/C15H16N6O3/c1-10(2)21-14(17-19-20-21)9-23-12-5-3-11(4-6-12)15(22)16-13-7-8-24-18-13/h3-8,10H,9H2,1-2H3,(H,16,18,22). The van der Waals surface area contributed by atoms with Crippen LogP contribution in [-0.4, -0.2) is 31.3 Å². The summed E-state index contributed by atoms with van der Waals surface area (Å²) >= 11 is 0. The topological polar surface area (TPSA) is 108 Å². The Kier molecular flexibility index (Phi) is 4.50. The number of rotatable bonds is 6. The lowest BCUT2D eigenvalue weighted by Crippen LogP contribution is -2.12. The van der Waals surface area contributed by atoms with Crippen molar-refractivity contribution < 1.29 is 14.1 Å². The highest BCUT2D eigenvalue weighted by molar-refractivity contribution is 6.03. The normalized spacial score (nSPS) is 10.8. The second-order valence-electron chi connectivity index (χ2n) is 5.29. The minimum absolute atomic E-state index is 0.154. The summed E-state index contributed by atoms with van der Waals surface area (Å²) in [5.74, 6) is 1.34. The van der Waals surface area contributed by atoms with Crippen LogP contribution in [0.5, 0.6) is 5.75 Å². The van der Waals surface area contributed by atoms with Crippen molar-refractivity contribution in [3.05, 3.63) is 48.0 Å². The highest BCUT2D eigenvalue weighted by Gasteiger charge is 2.11. The lowest BCUT2D eigenvalue weighted by molar-refractivity contribution is 0.102. The van der Waals surface area contributed by atoms with Crippen molar-refractivity contribution in [1.82, 2.24) is 25.4 Å². The number of ether oxygens (including phenoxy) is 1. The van der Waals surface area contributed by atoms with Crippen molar-refractivity contribution >= 4 is 11.7 Å². The number of tetrazole rings is 1. The van der Waals surface area contributed by atoms with Crippen LogP contribution in [0, 0.1) is 0 Å². The summed E-state index contributed by atoms with van der Waals surface area (Å²) in [6.45, 7) is 4.22. The van der Waals surface area contributed by atoms with Crippen LogP contribution in [-0.2, 0) is 6.61 Å². The second kappa shape index (κ2) is 6.90. The number of aromatic nitrogens is 5. The molecule has 2 heterocycles. The third-order valence-corrected chi connectivity index (χ3v) is 3.21. The van der Waals surface area contributed by atoms with Gasteiger partial charge in [0.15, 0.2) is 11.6 Å². The van der Waals surface area contributed by atoms with Crippen LogP contribution in [0.4, 0.5) is 5.82 Å². The maximum atomic E-state index is 12.0. The van der Waals surface area contributed by atoms with Crippen LogP contribution in [0.15, 0.2) is 41.1 Å². The molecule has 0 saturated heterocycles. The maximum absolute atomic E-state index is 12.0. The van der Waals surface area contributed by atoms with E-state index < -0.39 is 0 Å². The van der Waals surface area contributed by atoms with Crippen LogP contribution in [0.2, 0.25) is 0 Å². The number of amides is 1. The highest BCUT2D eigenvalue weighted by atomic mass is 16.5. The molecule has 1 amide bonds. The third kappa shape index (κ3) is 3.57. The fourth-order valence-corrected chi connectivity index (χ4v) is 2.02. The molecule has 3 rings (SSSR count). The van der Waals surface area contributed by atoms with Crippen LogP contribution in [0.25, 0.3) is 0 Å². The number of nitrogens with one attached hydrogen (secondary N) is 1. The third-order valence-electron chi connectivity index (χ3n) is 3.21. The average molecular weight is 328 g/mol. The SMILES string of the molecule is CC(C)n1nnnc1COc1ccc(C(=O)Nc2ccon2)cc1. The lowest BCUT2D eigenvalue weighted by Gasteiger charge is -2.09. The Bertz CT molecular complexity index is 795. The lowest BCUT2D eigenvalue weighted by atomic mass is 10.2. The predicted octanol–water partition coefficient (Wildman–Crippen LogP) is 2.07.